The van der Waals surface area contributed by atoms with Gasteiger partial charge < -0.3 is 19.4 Å². The Morgan fingerprint density at radius 3 is 2.50 bits per heavy atom. The van der Waals surface area contributed by atoms with Crippen LogP contribution in [0, 0.1) is 17.1 Å². The van der Waals surface area contributed by atoms with E-state index >= 15 is 0 Å². The Morgan fingerprint density at radius 2 is 1.81 bits per heavy atom. The molecule has 1 N–H and O–H groups in total. The van der Waals surface area contributed by atoms with Crippen LogP contribution < -0.4 is 10.2 Å². The van der Waals surface area contributed by atoms with Gasteiger partial charge >= 0.3 is 5.97 Å². The topological polar surface area (TPSA) is 113 Å². The van der Waals surface area contributed by atoms with Crippen molar-refractivity contribution in [3.05, 3.63) is 84.1 Å². The van der Waals surface area contributed by atoms with Gasteiger partial charge in [0, 0.05) is 12.2 Å². The van der Waals surface area contributed by atoms with Crippen molar-refractivity contribution < 1.29 is 27.9 Å². The fraction of sp³-hybridized carbons (Fsp3) is 0.130. The first-order valence-electron chi connectivity index (χ1n) is 9.53. The molecule has 3 rings (SSSR count). The molecule has 0 unspecified atom stereocenters. The smallest absolute Gasteiger partial charge is 0.340 e. The number of anilines is 2. The van der Waals surface area contributed by atoms with E-state index in [-0.39, 0.29) is 30.0 Å². The number of furan rings is 1. The molecule has 0 spiro atoms. The van der Waals surface area contributed by atoms with Crippen molar-refractivity contribution in [1.29, 1.82) is 5.26 Å². The number of amides is 2. The van der Waals surface area contributed by atoms with Crippen LogP contribution in [0.15, 0.2) is 71.3 Å². The number of halogens is 1. The van der Waals surface area contributed by atoms with Crippen molar-refractivity contribution in [2.75, 3.05) is 23.4 Å². The summed E-state index contributed by atoms with van der Waals surface area (Å²) in [4.78, 5) is 38.7. The Kier molecular flexibility index (Phi) is 7.33. The molecule has 0 aliphatic rings. The van der Waals surface area contributed by atoms with Gasteiger partial charge in [0.2, 0.25) is 0 Å². The van der Waals surface area contributed by atoms with Crippen molar-refractivity contribution in [2.24, 2.45) is 0 Å². The van der Waals surface area contributed by atoms with Crippen LogP contribution in [-0.4, -0.2) is 30.9 Å². The third-order valence-corrected chi connectivity index (χ3v) is 4.35. The first-order chi connectivity index (χ1) is 15.5. The lowest BCUT2D eigenvalue weighted by Crippen LogP contribution is -2.35. The van der Waals surface area contributed by atoms with Gasteiger partial charge in [0.15, 0.2) is 12.4 Å². The van der Waals surface area contributed by atoms with E-state index in [2.05, 4.69) is 5.32 Å². The highest BCUT2D eigenvalue weighted by Gasteiger charge is 2.20. The lowest BCUT2D eigenvalue weighted by Gasteiger charge is -2.21. The summed E-state index contributed by atoms with van der Waals surface area (Å²) in [6.07, 6.45) is 1.39. The zero-order chi connectivity index (χ0) is 22.9. The van der Waals surface area contributed by atoms with Gasteiger partial charge in [-0.1, -0.05) is 12.1 Å². The van der Waals surface area contributed by atoms with Crippen LogP contribution in [0.4, 0.5) is 15.8 Å². The number of para-hydroxylation sites is 1. The summed E-state index contributed by atoms with van der Waals surface area (Å²) in [5.41, 5.74) is 0.602. The molecule has 3 aromatic rings. The molecular formula is C23H18FN3O5. The molecular weight excluding hydrogens is 417 g/mol. The molecule has 0 aliphatic heterocycles. The SMILES string of the molecule is N#CCCN(C(=O)COC(=O)c1ccccc1NC(=O)c1ccco1)c1ccc(F)cc1. The van der Waals surface area contributed by atoms with Gasteiger partial charge in [0.1, 0.15) is 5.82 Å². The van der Waals surface area contributed by atoms with E-state index in [1.54, 1.807) is 18.2 Å². The molecule has 0 saturated heterocycles. The van der Waals surface area contributed by atoms with E-state index < -0.39 is 30.2 Å². The lowest BCUT2D eigenvalue weighted by atomic mass is 10.1. The number of ether oxygens (including phenoxy) is 1. The Balaban J connectivity index is 1.69. The molecule has 0 saturated carbocycles. The first kappa shape index (κ1) is 22.2. The van der Waals surface area contributed by atoms with Crippen LogP contribution in [0.25, 0.3) is 0 Å². The van der Waals surface area contributed by atoms with E-state index in [1.807, 2.05) is 6.07 Å². The van der Waals surface area contributed by atoms with Gasteiger partial charge in [-0.3, -0.25) is 9.59 Å². The van der Waals surface area contributed by atoms with Gasteiger partial charge in [-0.05, 0) is 48.5 Å². The maximum atomic E-state index is 13.2. The minimum atomic E-state index is -0.826. The van der Waals surface area contributed by atoms with Crippen LogP contribution in [0.3, 0.4) is 0 Å². The minimum absolute atomic E-state index is 0.0404. The molecule has 8 nitrogen and oxygen atoms in total. The maximum Gasteiger partial charge on any atom is 0.340 e. The molecule has 2 aromatic carbocycles. The second-order valence-electron chi connectivity index (χ2n) is 6.48. The Morgan fingerprint density at radius 1 is 1.06 bits per heavy atom. The summed E-state index contributed by atoms with van der Waals surface area (Å²) in [6.45, 7) is -0.559. The molecule has 9 heteroatoms. The Bertz CT molecular complexity index is 1140. The number of nitrogens with zero attached hydrogens (tertiary/aromatic N) is 2. The molecule has 2 amide bonds. The average molecular weight is 435 g/mol. The van der Waals surface area contributed by atoms with Crippen LogP contribution in [0.1, 0.15) is 27.3 Å². The summed E-state index contributed by atoms with van der Waals surface area (Å²) < 4.78 is 23.4. The zero-order valence-corrected chi connectivity index (χ0v) is 16.8. The molecule has 0 fully saturated rings. The van der Waals surface area contributed by atoms with Gasteiger partial charge in [-0.25, -0.2) is 9.18 Å². The van der Waals surface area contributed by atoms with Crippen molar-refractivity contribution in [1.82, 2.24) is 0 Å². The molecule has 0 atom stereocenters. The fourth-order valence-electron chi connectivity index (χ4n) is 2.83. The van der Waals surface area contributed by atoms with Gasteiger partial charge in [0.25, 0.3) is 11.8 Å². The normalized spacial score (nSPS) is 10.1. The third kappa shape index (κ3) is 5.58. The second kappa shape index (κ2) is 10.5. The molecule has 0 aliphatic carbocycles. The highest BCUT2D eigenvalue weighted by Crippen LogP contribution is 2.19. The molecule has 32 heavy (non-hydrogen) atoms. The average Bonchev–Trinajstić information content (AvgIpc) is 3.34. The number of carbonyl (C=O) groups excluding carboxylic acids is 3. The second-order valence-corrected chi connectivity index (χ2v) is 6.48. The highest BCUT2D eigenvalue weighted by molar-refractivity contribution is 6.07. The molecule has 0 radical (unpaired) electrons. The number of carbonyl (C=O) groups is 3. The van der Waals surface area contributed by atoms with Crippen LogP contribution in [-0.2, 0) is 9.53 Å². The van der Waals surface area contributed by atoms with Crippen LogP contribution in [0.5, 0.6) is 0 Å². The van der Waals surface area contributed by atoms with E-state index in [4.69, 9.17) is 14.4 Å². The minimum Gasteiger partial charge on any atom is -0.459 e. The van der Waals surface area contributed by atoms with Gasteiger partial charge in [0.05, 0.1) is 30.0 Å². The van der Waals surface area contributed by atoms with E-state index in [1.165, 1.54) is 53.6 Å². The number of nitrogens with one attached hydrogen (secondary N) is 1. The lowest BCUT2D eigenvalue weighted by molar-refractivity contribution is -0.121. The Hall–Kier alpha value is -4.45. The zero-order valence-electron chi connectivity index (χ0n) is 16.8. The number of rotatable bonds is 8. The number of esters is 1. The van der Waals surface area contributed by atoms with E-state index in [0.29, 0.717) is 5.69 Å². The quantitative estimate of drug-likeness (QED) is 0.539. The van der Waals surface area contributed by atoms with Crippen LogP contribution in [0.2, 0.25) is 0 Å². The largest absolute Gasteiger partial charge is 0.459 e. The fourth-order valence-corrected chi connectivity index (χ4v) is 2.83. The maximum absolute atomic E-state index is 13.2. The summed E-state index contributed by atoms with van der Waals surface area (Å²) in [6, 6.07) is 16.3. The summed E-state index contributed by atoms with van der Waals surface area (Å²) in [5, 5.41) is 11.4. The molecule has 1 heterocycles. The predicted molar refractivity (Wildman–Crippen MR) is 112 cm³/mol. The molecule has 162 valence electrons. The number of benzene rings is 2. The summed E-state index contributed by atoms with van der Waals surface area (Å²) >= 11 is 0. The third-order valence-electron chi connectivity index (χ3n) is 4.35. The Labute approximate surface area is 182 Å². The summed E-state index contributed by atoms with van der Waals surface area (Å²) in [5.74, 6) is -2.37. The predicted octanol–water partition coefficient (Wildman–Crippen LogP) is 3.77. The molecule has 0 bridgehead atoms. The van der Waals surface area contributed by atoms with Crippen molar-refractivity contribution >= 4 is 29.2 Å². The van der Waals surface area contributed by atoms with Crippen molar-refractivity contribution in [2.45, 2.75) is 6.42 Å². The number of nitriles is 1. The van der Waals surface area contributed by atoms with E-state index in [0.717, 1.165) is 0 Å². The monoisotopic (exact) mass is 435 g/mol. The van der Waals surface area contributed by atoms with Gasteiger partial charge in [-0.2, -0.15) is 5.26 Å². The highest BCUT2D eigenvalue weighted by atomic mass is 19.1. The van der Waals surface area contributed by atoms with Crippen LogP contribution >= 0.6 is 0 Å². The summed E-state index contributed by atoms with van der Waals surface area (Å²) in [7, 11) is 0. The van der Waals surface area contributed by atoms with E-state index in [9.17, 15) is 18.8 Å². The standard InChI is InChI=1S/C23H18FN3O5/c24-16-8-10-17(11-9-16)27(13-4-12-25)21(28)15-32-23(30)18-5-1-2-6-19(18)26-22(29)20-7-3-14-31-20/h1-3,5-11,14H,4,13,15H2,(H,26,29). The van der Waals surface area contributed by atoms with Gasteiger partial charge in [-0.15, -0.1) is 0 Å². The molecule has 1 aromatic heterocycles. The number of hydrogen-bond donors (Lipinski definition) is 1. The van der Waals surface area contributed by atoms with Crippen molar-refractivity contribution in [3.63, 3.8) is 0 Å². The number of hydrogen-bond acceptors (Lipinski definition) is 6. The van der Waals surface area contributed by atoms with Crippen molar-refractivity contribution in [3.8, 4) is 6.07 Å². The first-order valence-corrected chi connectivity index (χ1v) is 9.53.